The standard InChI is InChI=1S/C15H16N2OS2/c1-2-7-16-15(18)12-17(10-13-5-3-8-19-13)11-14-6-4-9-20-14/h1,3-6,8-9H,7,10-12H2,(H,16,18)/p+1. The van der Waals surface area contributed by atoms with E-state index < -0.39 is 0 Å². The highest BCUT2D eigenvalue weighted by Gasteiger charge is 2.16. The van der Waals surface area contributed by atoms with Crippen molar-refractivity contribution >= 4 is 28.6 Å². The van der Waals surface area contributed by atoms with Crippen LogP contribution in [0.5, 0.6) is 0 Å². The van der Waals surface area contributed by atoms with Gasteiger partial charge >= 0.3 is 0 Å². The van der Waals surface area contributed by atoms with Gasteiger partial charge in [-0.25, -0.2) is 0 Å². The van der Waals surface area contributed by atoms with Crippen LogP contribution in [0.25, 0.3) is 0 Å². The Morgan fingerprint density at radius 3 is 2.25 bits per heavy atom. The van der Waals surface area contributed by atoms with E-state index in [0.717, 1.165) is 13.1 Å². The monoisotopic (exact) mass is 305 g/mol. The molecule has 0 aliphatic carbocycles. The highest BCUT2D eigenvalue weighted by molar-refractivity contribution is 7.10. The van der Waals surface area contributed by atoms with Crippen molar-refractivity contribution in [2.45, 2.75) is 13.1 Å². The summed E-state index contributed by atoms with van der Waals surface area (Å²) in [5.74, 6) is 2.43. The molecule has 0 atom stereocenters. The third-order valence-corrected chi connectivity index (χ3v) is 4.56. The molecule has 20 heavy (non-hydrogen) atoms. The van der Waals surface area contributed by atoms with Gasteiger partial charge in [-0.3, -0.25) is 4.79 Å². The zero-order valence-corrected chi connectivity index (χ0v) is 12.7. The maximum absolute atomic E-state index is 11.8. The second-order valence-electron chi connectivity index (χ2n) is 4.42. The minimum atomic E-state index is 0.00561. The van der Waals surface area contributed by atoms with Crippen molar-refractivity contribution in [2.75, 3.05) is 13.1 Å². The lowest BCUT2D eigenvalue weighted by atomic mass is 10.3. The normalized spacial score (nSPS) is 10.4. The lowest BCUT2D eigenvalue weighted by Gasteiger charge is -2.17. The van der Waals surface area contributed by atoms with E-state index >= 15 is 0 Å². The van der Waals surface area contributed by atoms with Gasteiger partial charge in [0, 0.05) is 0 Å². The molecule has 2 heterocycles. The molecule has 0 bridgehead atoms. The summed E-state index contributed by atoms with van der Waals surface area (Å²) >= 11 is 3.45. The average Bonchev–Trinajstić information content (AvgIpc) is 3.09. The summed E-state index contributed by atoms with van der Waals surface area (Å²) in [7, 11) is 0. The van der Waals surface area contributed by atoms with Gasteiger partial charge in [0.25, 0.3) is 5.91 Å². The topological polar surface area (TPSA) is 33.5 Å². The van der Waals surface area contributed by atoms with Crippen molar-refractivity contribution < 1.29 is 9.69 Å². The summed E-state index contributed by atoms with van der Waals surface area (Å²) in [4.78, 5) is 15.7. The molecular weight excluding hydrogens is 288 g/mol. The Morgan fingerprint density at radius 2 is 1.80 bits per heavy atom. The first-order valence-corrected chi connectivity index (χ1v) is 8.12. The van der Waals surface area contributed by atoms with Crippen molar-refractivity contribution in [1.29, 1.82) is 0 Å². The van der Waals surface area contributed by atoms with Gasteiger partial charge in [0.15, 0.2) is 6.54 Å². The summed E-state index contributed by atoms with van der Waals surface area (Å²) in [5, 5.41) is 6.86. The lowest BCUT2D eigenvalue weighted by Crippen LogP contribution is -3.10. The number of terminal acetylenes is 1. The second-order valence-corrected chi connectivity index (χ2v) is 6.48. The van der Waals surface area contributed by atoms with Crippen LogP contribution in [0.15, 0.2) is 35.0 Å². The number of quaternary nitrogens is 1. The molecule has 3 nitrogen and oxygen atoms in total. The van der Waals surface area contributed by atoms with E-state index in [9.17, 15) is 4.79 Å². The maximum atomic E-state index is 11.8. The molecule has 0 fully saturated rings. The van der Waals surface area contributed by atoms with Gasteiger partial charge in [0.1, 0.15) is 13.1 Å². The number of thiophene rings is 2. The Morgan fingerprint density at radius 1 is 1.20 bits per heavy atom. The molecule has 2 aromatic rings. The minimum Gasteiger partial charge on any atom is -0.340 e. The largest absolute Gasteiger partial charge is 0.340 e. The van der Waals surface area contributed by atoms with Crippen molar-refractivity contribution in [2.24, 2.45) is 0 Å². The third-order valence-electron chi connectivity index (χ3n) is 2.81. The fourth-order valence-electron chi connectivity index (χ4n) is 1.95. The number of amides is 1. The van der Waals surface area contributed by atoms with E-state index in [2.05, 4.69) is 34.1 Å². The van der Waals surface area contributed by atoms with Gasteiger partial charge in [-0.1, -0.05) is 18.1 Å². The summed E-state index contributed by atoms with van der Waals surface area (Å²) < 4.78 is 0. The predicted octanol–water partition coefficient (Wildman–Crippen LogP) is 1.14. The first kappa shape index (κ1) is 14.8. The van der Waals surface area contributed by atoms with Crippen LogP contribution in [0.2, 0.25) is 0 Å². The van der Waals surface area contributed by atoms with E-state index in [1.807, 2.05) is 12.1 Å². The molecule has 0 saturated carbocycles. The molecule has 0 radical (unpaired) electrons. The van der Waals surface area contributed by atoms with Crippen LogP contribution in [0.3, 0.4) is 0 Å². The molecule has 0 aromatic carbocycles. The van der Waals surface area contributed by atoms with E-state index in [1.54, 1.807) is 22.7 Å². The second kappa shape index (κ2) is 7.85. The quantitative estimate of drug-likeness (QED) is 0.739. The summed E-state index contributed by atoms with van der Waals surface area (Å²) in [6, 6.07) is 8.30. The number of nitrogens with one attached hydrogen (secondary N) is 2. The number of carbonyl (C=O) groups excluding carboxylic acids is 1. The summed E-state index contributed by atoms with van der Waals surface area (Å²) in [6.07, 6.45) is 5.16. The molecule has 0 unspecified atom stereocenters. The van der Waals surface area contributed by atoms with Crippen molar-refractivity contribution in [3.05, 3.63) is 44.8 Å². The van der Waals surface area contributed by atoms with Crippen molar-refractivity contribution in [3.63, 3.8) is 0 Å². The molecule has 104 valence electrons. The van der Waals surface area contributed by atoms with Gasteiger partial charge in [0.05, 0.1) is 16.3 Å². The van der Waals surface area contributed by atoms with Crippen molar-refractivity contribution in [3.8, 4) is 12.3 Å². The molecule has 0 aliphatic heterocycles. The van der Waals surface area contributed by atoms with E-state index in [0.29, 0.717) is 13.1 Å². The van der Waals surface area contributed by atoms with E-state index in [4.69, 9.17) is 6.42 Å². The van der Waals surface area contributed by atoms with Crippen LogP contribution in [-0.2, 0) is 17.9 Å². The average molecular weight is 305 g/mol. The van der Waals surface area contributed by atoms with Crippen LogP contribution >= 0.6 is 22.7 Å². The predicted molar refractivity (Wildman–Crippen MR) is 83.7 cm³/mol. The third kappa shape index (κ3) is 4.82. The fourth-order valence-corrected chi connectivity index (χ4v) is 3.50. The van der Waals surface area contributed by atoms with E-state index in [-0.39, 0.29) is 5.91 Å². The van der Waals surface area contributed by atoms with Crippen LogP contribution in [-0.4, -0.2) is 19.0 Å². The Labute approximate surface area is 127 Å². The molecule has 2 aromatic heterocycles. The zero-order chi connectivity index (χ0) is 14.2. The van der Waals surface area contributed by atoms with Gasteiger partial charge < -0.3 is 10.2 Å². The number of hydrogen-bond acceptors (Lipinski definition) is 3. The van der Waals surface area contributed by atoms with Gasteiger partial charge in [-0.2, -0.15) is 0 Å². The number of carbonyl (C=O) groups is 1. The molecule has 5 heteroatoms. The highest BCUT2D eigenvalue weighted by atomic mass is 32.1. The smallest absolute Gasteiger partial charge is 0.275 e. The fraction of sp³-hybridized carbons (Fsp3) is 0.267. The van der Waals surface area contributed by atoms with Crippen molar-refractivity contribution in [1.82, 2.24) is 5.32 Å². The van der Waals surface area contributed by atoms with Crippen LogP contribution in [0.4, 0.5) is 0 Å². The zero-order valence-electron chi connectivity index (χ0n) is 11.1. The Kier molecular flexibility index (Phi) is 5.81. The Bertz CT molecular complexity index is 519. The van der Waals surface area contributed by atoms with Gasteiger partial charge in [0.2, 0.25) is 0 Å². The Balaban J connectivity index is 1.96. The van der Waals surface area contributed by atoms with Gasteiger partial charge in [-0.15, -0.1) is 29.1 Å². The lowest BCUT2D eigenvalue weighted by molar-refractivity contribution is -0.919. The molecule has 0 aliphatic rings. The molecular formula is C15H17N2OS2+. The Hall–Kier alpha value is -1.61. The van der Waals surface area contributed by atoms with Crippen LogP contribution < -0.4 is 10.2 Å². The minimum absolute atomic E-state index is 0.00561. The van der Waals surface area contributed by atoms with Gasteiger partial charge in [-0.05, 0) is 22.9 Å². The van der Waals surface area contributed by atoms with Crippen LogP contribution in [0, 0.1) is 12.3 Å². The SMILES string of the molecule is C#CCNC(=O)C[NH+](Cc1cccs1)Cc1cccs1. The number of hydrogen-bond donors (Lipinski definition) is 2. The first-order valence-electron chi connectivity index (χ1n) is 6.36. The first-order chi connectivity index (χ1) is 9.78. The molecule has 0 spiro atoms. The molecule has 2 rings (SSSR count). The molecule has 1 amide bonds. The van der Waals surface area contributed by atoms with E-state index in [1.165, 1.54) is 14.7 Å². The number of rotatable bonds is 7. The highest BCUT2D eigenvalue weighted by Crippen LogP contribution is 2.08. The molecule has 2 N–H and O–H groups in total. The summed E-state index contributed by atoms with van der Waals surface area (Å²) in [6.45, 7) is 2.46. The maximum Gasteiger partial charge on any atom is 0.275 e. The summed E-state index contributed by atoms with van der Waals surface area (Å²) in [5.41, 5.74) is 0. The molecule has 0 saturated heterocycles. The van der Waals surface area contributed by atoms with Crippen LogP contribution in [0.1, 0.15) is 9.75 Å².